The molecule has 0 amide bonds. The van der Waals surface area contributed by atoms with Gasteiger partial charge in [-0.2, -0.15) is 0 Å². The fourth-order valence-corrected chi connectivity index (χ4v) is 1.95. The van der Waals surface area contributed by atoms with Crippen molar-refractivity contribution in [3.8, 4) is 5.75 Å². The first-order chi connectivity index (χ1) is 8.91. The van der Waals surface area contributed by atoms with Crippen LogP contribution in [0.15, 0.2) is 24.3 Å². The molecule has 1 aliphatic rings. The quantitative estimate of drug-likeness (QED) is 0.614. The Labute approximate surface area is 111 Å². The summed E-state index contributed by atoms with van der Waals surface area (Å²) < 4.78 is 15.2. The predicted octanol–water partition coefficient (Wildman–Crippen LogP) is 1.69. The molecule has 1 fully saturated rings. The highest BCUT2D eigenvalue weighted by Crippen LogP contribution is 2.26. The first kappa shape index (κ1) is 13.4. The Hall–Kier alpha value is -2.04. The number of cyclic esters (lactones) is 2. The molecule has 0 unspecified atom stereocenters. The van der Waals surface area contributed by atoms with Crippen molar-refractivity contribution >= 4 is 11.9 Å². The lowest BCUT2D eigenvalue weighted by atomic mass is 9.98. The molecular weight excluding hydrogens is 248 g/mol. The van der Waals surface area contributed by atoms with Crippen LogP contribution in [-0.2, 0) is 25.5 Å². The summed E-state index contributed by atoms with van der Waals surface area (Å²) in [6.45, 7) is 3.06. The number of methoxy groups -OCH3 is 1. The molecule has 1 heterocycles. The number of carbonyl (C=O) groups is 2. The molecule has 2 rings (SSSR count). The molecule has 0 spiro atoms. The van der Waals surface area contributed by atoms with Crippen LogP contribution in [0.2, 0.25) is 0 Å². The summed E-state index contributed by atoms with van der Waals surface area (Å²) in [5, 5.41) is 0. The maximum absolute atomic E-state index is 11.8. The van der Waals surface area contributed by atoms with Gasteiger partial charge in [-0.15, -0.1) is 0 Å². The molecule has 102 valence electrons. The molecule has 0 bridgehead atoms. The second-order valence-electron chi connectivity index (χ2n) is 4.85. The third kappa shape index (κ3) is 3.05. The monoisotopic (exact) mass is 264 g/mol. The standard InChI is InChI=1S/C14H16O5/c1-14(2)18-12(15)11(13(16)19-14)8-9-5-4-6-10(7-9)17-3/h4-7,11H,8H2,1-3H3. The van der Waals surface area contributed by atoms with Crippen LogP contribution in [0.4, 0.5) is 0 Å². The molecule has 0 atom stereocenters. The normalized spacial score (nSPS) is 18.7. The van der Waals surface area contributed by atoms with Crippen LogP contribution in [0, 0.1) is 5.92 Å². The lowest BCUT2D eigenvalue weighted by Crippen LogP contribution is -2.46. The first-order valence-corrected chi connectivity index (χ1v) is 6.00. The van der Waals surface area contributed by atoms with Crippen molar-refractivity contribution in [3.63, 3.8) is 0 Å². The lowest BCUT2D eigenvalue weighted by molar-refractivity contribution is -0.239. The summed E-state index contributed by atoms with van der Waals surface area (Å²) in [6.07, 6.45) is 0.241. The molecule has 0 saturated carbocycles. The highest BCUT2D eigenvalue weighted by atomic mass is 16.7. The summed E-state index contributed by atoms with van der Waals surface area (Å²) in [4.78, 5) is 23.6. The van der Waals surface area contributed by atoms with E-state index < -0.39 is 23.6 Å². The second kappa shape index (κ2) is 4.91. The van der Waals surface area contributed by atoms with Gasteiger partial charge >= 0.3 is 11.9 Å². The Morgan fingerprint density at radius 3 is 2.42 bits per heavy atom. The molecule has 1 saturated heterocycles. The Morgan fingerprint density at radius 2 is 1.84 bits per heavy atom. The van der Waals surface area contributed by atoms with Crippen molar-refractivity contribution in [3.05, 3.63) is 29.8 Å². The van der Waals surface area contributed by atoms with Gasteiger partial charge in [0.1, 0.15) is 5.75 Å². The second-order valence-corrected chi connectivity index (χ2v) is 4.85. The minimum Gasteiger partial charge on any atom is -0.497 e. The molecule has 19 heavy (non-hydrogen) atoms. The van der Waals surface area contributed by atoms with Gasteiger partial charge in [0.25, 0.3) is 5.79 Å². The SMILES string of the molecule is COc1cccc(CC2C(=O)OC(C)(C)OC2=O)c1. The largest absolute Gasteiger partial charge is 0.497 e. The van der Waals surface area contributed by atoms with E-state index in [9.17, 15) is 9.59 Å². The van der Waals surface area contributed by atoms with E-state index in [4.69, 9.17) is 14.2 Å². The van der Waals surface area contributed by atoms with E-state index in [1.165, 1.54) is 13.8 Å². The molecular formula is C14H16O5. The Balaban J connectivity index is 2.14. The van der Waals surface area contributed by atoms with E-state index in [0.29, 0.717) is 5.75 Å². The molecule has 5 heteroatoms. The zero-order chi connectivity index (χ0) is 14.0. The molecule has 0 N–H and O–H groups in total. The van der Waals surface area contributed by atoms with Crippen molar-refractivity contribution in [2.45, 2.75) is 26.1 Å². The van der Waals surface area contributed by atoms with Gasteiger partial charge in [-0.3, -0.25) is 9.59 Å². The number of hydrogen-bond acceptors (Lipinski definition) is 5. The minimum atomic E-state index is -1.18. The van der Waals surface area contributed by atoms with Gasteiger partial charge in [0.05, 0.1) is 7.11 Å². The number of hydrogen-bond donors (Lipinski definition) is 0. The van der Waals surface area contributed by atoms with Gasteiger partial charge in [-0.25, -0.2) is 0 Å². The average molecular weight is 264 g/mol. The zero-order valence-corrected chi connectivity index (χ0v) is 11.1. The van der Waals surface area contributed by atoms with Gasteiger partial charge in [0.2, 0.25) is 0 Å². The zero-order valence-electron chi connectivity index (χ0n) is 11.1. The van der Waals surface area contributed by atoms with Crippen molar-refractivity contribution in [1.29, 1.82) is 0 Å². The predicted molar refractivity (Wildman–Crippen MR) is 66.5 cm³/mol. The van der Waals surface area contributed by atoms with Crippen molar-refractivity contribution < 1.29 is 23.8 Å². The van der Waals surface area contributed by atoms with Crippen LogP contribution in [0.25, 0.3) is 0 Å². The van der Waals surface area contributed by atoms with E-state index in [0.717, 1.165) is 5.56 Å². The van der Waals surface area contributed by atoms with Gasteiger partial charge in [-0.1, -0.05) is 12.1 Å². The Morgan fingerprint density at radius 1 is 1.21 bits per heavy atom. The highest BCUT2D eigenvalue weighted by molar-refractivity contribution is 5.96. The van der Waals surface area contributed by atoms with E-state index in [2.05, 4.69) is 0 Å². The Bertz CT molecular complexity index is 486. The van der Waals surface area contributed by atoms with E-state index in [1.54, 1.807) is 25.3 Å². The fraction of sp³-hybridized carbons (Fsp3) is 0.429. The number of rotatable bonds is 3. The third-order valence-electron chi connectivity index (χ3n) is 2.84. The minimum absolute atomic E-state index is 0.241. The summed E-state index contributed by atoms with van der Waals surface area (Å²) in [7, 11) is 1.56. The molecule has 1 aromatic rings. The topological polar surface area (TPSA) is 61.8 Å². The maximum Gasteiger partial charge on any atom is 0.323 e. The van der Waals surface area contributed by atoms with Gasteiger partial charge in [-0.05, 0) is 24.1 Å². The summed E-state index contributed by atoms with van der Waals surface area (Å²) in [5.41, 5.74) is 0.818. The van der Waals surface area contributed by atoms with Crippen molar-refractivity contribution in [2.24, 2.45) is 5.92 Å². The molecule has 0 aliphatic carbocycles. The summed E-state index contributed by atoms with van der Waals surface area (Å²) >= 11 is 0. The van der Waals surface area contributed by atoms with Crippen molar-refractivity contribution in [1.82, 2.24) is 0 Å². The average Bonchev–Trinajstić information content (AvgIpc) is 2.33. The van der Waals surface area contributed by atoms with Gasteiger partial charge in [0.15, 0.2) is 5.92 Å². The molecule has 1 aliphatic heterocycles. The van der Waals surface area contributed by atoms with E-state index in [1.807, 2.05) is 6.07 Å². The number of ether oxygens (including phenoxy) is 3. The van der Waals surface area contributed by atoms with E-state index in [-0.39, 0.29) is 6.42 Å². The van der Waals surface area contributed by atoms with E-state index >= 15 is 0 Å². The van der Waals surface area contributed by atoms with Crippen LogP contribution < -0.4 is 4.74 Å². The van der Waals surface area contributed by atoms with Gasteiger partial charge < -0.3 is 14.2 Å². The molecule has 1 aromatic carbocycles. The summed E-state index contributed by atoms with van der Waals surface area (Å²) in [5.74, 6) is -2.53. The maximum atomic E-state index is 11.8. The highest BCUT2D eigenvalue weighted by Gasteiger charge is 2.43. The van der Waals surface area contributed by atoms with Gasteiger partial charge in [0, 0.05) is 13.8 Å². The smallest absolute Gasteiger partial charge is 0.323 e. The Kier molecular flexibility index (Phi) is 3.46. The number of benzene rings is 1. The van der Waals surface area contributed by atoms with Crippen LogP contribution in [-0.4, -0.2) is 24.8 Å². The first-order valence-electron chi connectivity index (χ1n) is 6.00. The van der Waals surface area contributed by atoms with Crippen molar-refractivity contribution in [2.75, 3.05) is 7.11 Å². The number of carbonyl (C=O) groups excluding carboxylic acids is 2. The summed E-state index contributed by atoms with van der Waals surface area (Å²) in [6, 6.07) is 7.20. The van der Waals surface area contributed by atoms with Crippen LogP contribution in [0.3, 0.4) is 0 Å². The molecule has 0 radical (unpaired) electrons. The fourth-order valence-electron chi connectivity index (χ4n) is 1.95. The lowest BCUT2D eigenvalue weighted by Gasteiger charge is -2.32. The van der Waals surface area contributed by atoms with Crippen LogP contribution >= 0.6 is 0 Å². The van der Waals surface area contributed by atoms with Crippen LogP contribution in [0.1, 0.15) is 19.4 Å². The van der Waals surface area contributed by atoms with Crippen LogP contribution in [0.5, 0.6) is 5.75 Å². The number of esters is 2. The molecule has 5 nitrogen and oxygen atoms in total. The third-order valence-corrected chi connectivity index (χ3v) is 2.84. The molecule has 0 aromatic heterocycles.